The summed E-state index contributed by atoms with van der Waals surface area (Å²) in [4.78, 5) is 17.6. The lowest BCUT2D eigenvalue weighted by atomic mass is 9.70. The summed E-state index contributed by atoms with van der Waals surface area (Å²) in [5.41, 5.74) is 2.19. The standard InChI is InChI=1S/C16H22N2O/c1-2-16(8-10-17-11-16)15(19)13-7-3-5-12-6-4-9-18-14(12)13/h4,6,9,13,17H,2-3,5,7-8,10-11H2,1H3. The number of nitrogens with zero attached hydrogens (tertiary/aromatic N) is 1. The Labute approximate surface area is 114 Å². The summed E-state index contributed by atoms with van der Waals surface area (Å²) < 4.78 is 0. The van der Waals surface area contributed by atoms with Crippen molar-refractivity contribution in [3.8, 4) is 0 Å². The number of rotatable bonds is 3. The van der Waals surface area contributed by atoms with E-state index in [0.29, 0.717) is 5.78 Å². The smallest absolute Gasteiger partial charge is 0.149 e. The Balaban J connectivity index is 1.93. The normalized spacial score (nSPS) is 30.1. The first kappa shape index (κ1) is 12.8. The summed E-state index contributed by atoms with van der Waals surface area (Å²) in [6, 6.07) is 4.12. The number of aryl methyl sites for hydroxylation is 1. The largest absolute Gasteiger partial charge is 0.316 e. The molecule has 1 aliphatic heterocycles. The number of pyridine rings is 1. The minimum absolute atomic E-state index is 0.0322. The predicted molar refractivity (Wildman–Crippen MR) is 75.1 cm³/mol. The van der Waals surface area contributed by atoms with E-state index >= 15 is 0 Å². The maximum atomic E-state index is 13.0. The van der Waals surface area contributed by atoms with Crippen LogP contribution in [0.5, 0.6) is 0 Å². The van der Waals surface area contributed by atoms with Gasteiger partial charge in [0.25, 0.3) is 0 Å². The highest BCUT2D eigenvalue weighted by Gasteiger charge is 2.44. The van der Waals surface area contributed by atoms with E-state index in [2.05, 4.69) is 23.3 Å². The van der Waals surface area contributed by atoms with Gasteiger partial charge in [0.1, 0.15) is 5.78 Å². The van der Waals surface area contributed by atoms with Gasteiger partial charge in [-0.3, -0.25) is 9.78 Å². The van der Waals surface area contributed by atoms with Crippen molar-refractivity contribution in [1.29, 1.82) is 0 Å². The Bertz CT molecular complexity index is 477. The highest BCUT2D eigenvalue weighted by atomic mass is 16.1. The van der Waals surface area contributed by atoms with Crippen LogP contribution in [0.2, 0.25) is 0 Å². The number of nitrogens with one attached hydrogen (secondary N) is 1. The number of ketones is 1. The number of aromatic nitrogens is 1. The van der Waals surface area contributed by atoms with Crippen molar-refractivity contribution in [2.24, 2.45) is 5.41 Å². The van der Waals surface area contributed by atoms with Crippen LogP contribution in [0.1, 0.15) is 49.8 Å². The first-order valence-electron chi connectivity index (χ1n) is 7.46. The molecule has 19 heavy (non-hydrogen) atoms. The number of hydrogen-bond donors (Lipinski definition) is 1. The molecule has 0 bridgehead atoms. The Morgan fingerprint density at radius 1 is 1.58 bits per heavy atom. The van der Waals surface area contributed by atoms with Gasteiger partial charge in [-0.1, -0.05) is 13.0 Å². The fraction of sp³-hybridized carbons (Fsp3) is 0.625. The van der Waals surface area contributed by atoms with Crippen LogP contribution in [-0.2, 0) is 11.2 Å². The van der Waals surface area contributed by atoms with Crippen LogP contribution in [0.25, 0.3) is 0 Å². The first-order valence-corrected chi connectivity index (χ1v) is 7.46. The number of hydrogen-bond acceptors (Lipinski definition) is 3. The number of carbonyl (C=O) groups excluding carboxylic acids is 1. The van der Waals surface area contributed by atoms with Gasteiger partial charge in [0, 0.05) is 18.2 Å². The highest BCUT2D eigenvalue weighted by molar-refractivity contribution is 5.91. The molecule has 1 aliphatic carbocycles. The zero-order valence-electron chi connectivity index (χ0n) is 11.6. The SMILES string of the molecule is CCC1(C(=O)C2CCCc3cccnc32)CCNC1. The van der Waals surface area contributed by atoms with Crippen molar-refractivity contribution in [2.45, 2.75) is 44.9 Å². The minimum Gasteiger partial charge on any atom is -0.316 e. The van der Waals surface area contributed by atoms with Gasteiger partial charge in [-0.05, 0) is 50.3 Å². The van der Waals surface area contributed by atoms with Crippen LogP contribution in [0.4, 0.5) is 0 Å². The topological polar surface area (TPSA) is 42.0 Å². The summed E-state index contributed by atoms with van der Waals surface area (Å²) in [6.07, 6.45) is 6.92. The highest BCUT2D eigenvalue weighted by Crippen LogP contribution is 2.40. The molecule has 0 amide bonds. The van der Waals surface area contributed by atoms with Crippen molar-refractivity contribution in [2.75, 3.05) is 13.1 Å². The van der Waals surface area contributed by atoms with Crippen molar-refractivity contribution < 1.29 is 4.79 Å². The summed E-state index contributed by atoms with van der Waals surface area (Å²) in [5, 5.41) is 3.37. The van der Waals surface area contributed by atoms with Crippen LogP contribution in [0.15, 0.2) is 18.3 Å². The summed E-state index contributed by atoms with van der Waals surface area (Å²) >= 11 is 0. The van der Waals surface area contributed by atoms with Crippen LogP contribution in [0, 0.1) is 5.41 Å². The second-order valence-corrected chi connectivity index (χ2v) is 5.92. The van der Waals surface area contributed by atoms with E-state index in [1.165, 1.54) is 5.56 Å². The molecule has 1 N–H and O–H groups in total. The molecule has 2 unspecified atom stereocenters. The summed E-state index contributed by atoms with van der Waals surface area (Å²) in [7, 11) is 0. The third kappa shape index (κ3) is 2.10. The van der Waals surface area contributed by atoms with Crippen LogP contribution in [-0.4, -0.2) is 23.9 Å². The van der Waals surface area contributed by atoms with Crippen molar-refractivity contribution in [3.05, 3.63) is 29.6 Å². The van der Waals surface area contributed by atoms with Crippen LogP contribution >= 0.6 is 0 Å². The molecule has 1 aromatic rings. The fourth-order valence-electron chi connectivity index (χ4n) is 3.66. The number of Topliss-reactive ketones (excluding diaryl/α,β-unsaturated/α-hetero) is 1. The first-order chi connectivity index (χ1) is 9.27. The molecular weight excluding hydrogens is 236 g/mol. The second-order valence-electron chi connectivity index (χ2n) is 5.92. The Hall–Kier alpha value is -1.22. The Kier molecular flexibility index (Phi) is 3.40. The molecule has 1 aromatic heterocycles. The second kappa shape index (κ2) is 5.04. The van der Waals surface area contributed by atoms with E-state index in [4.69, 9.17) is 0 Å². The molecule has 0 radical (unpaired) electrons. The van der Waals surface area contributed by atoms with Gasteiger partial charge >= 0.3 is 0 Å². The van der Waals surface area contributed by atoms with E-state index in [-0.39, 0.29) is 11.3 Å². The zero-order chi connectivity index (χ0) is 13.3. The molecule has 1 saturated heterocycles. The molecule has 3 rings (SSSR count). The van der Waals surface area contributed by atoms with Crippen LogP contribution in [0.3, 0.4) is 0 Å². The van der Waals surface area contributed by atoms with Gasteiger partial charge in [0.2, 0.25) is 0 Å². The molecule has 2 atom stereocenters. The maximum absolute atomic E-state index is 13.0. The van der Waals surface area contributed by atoms with Crippen molar-refractivity contribution in [3.63, 3.8) is 0 Å². The number of carbonyl (C=O) groups is 1. The predicted octanol–water partition coefficient (Wildman–Crippen LogP) is 2.46. The van der Waals surface area contributed by atoms with Gasteiger partial charge in [0.15, 0.2) is 0 Å². The molecule has 3 heteroatoms. The molecule has 1 fully saturated rings. The van der Waals surface area contributed by atoms with E-state index in [9.17, 15) is 4.79 Å². The molecule has 102 valence electrons. The lowest BCUT2D eigenvalue weighted by molar-refractivity contribution is -0.130. The van der Waals surface area contributed by atoms with Crippen molar-refractivity contribution >= 4 is 5.78 Å². The molecule has 0 spiro atoms. The van der Waals surface area contributed by atoms with Gasteiger partial charge in [-0.2, -0.15) is 0 Å². The Morgan fingerprint density at radius 3 is 3.21 bits per heavy atom. The Morgan fingerprint density at radius 2 is 2.47 bits per heavy atom. The van der Waals surface area contributed by atoms with E-state index in [1.807, 2.05) is 12.3 Å². The molecule has 3 nitrogen and oxygen atoms in total. The quantitative estimate of drug-likeness (QED) is 0.905. The third-order valence-corrected chi connectivity index (χ3v) is 4.95. The van der Waals surface area contributed by atoms with E-state index in [0.717, 1.165) is 50.9 Å². The average Bonchev–Trinajstić information content (AvgIpc) is 2.96. The van der Waals surface area contributed by atoms with Crippen molar-refractivity contribution in [1.82, 2.24) is 10.3 Å². The minimum atomic E-state index is -0.142. The molecule has 0 saturated carbocycles. The molecule has 2 heterocycles. The third-order valence-electron chi connectivity index (χ3n) is 4.95. The molecular formula is C16H22N2O. The summed E-state index contributed by atoms with van der Waals surface area (Å²) in [6.45, 7) is 3.97. The van der Waals surface area contributed by atoms with Gasteiger partial charge in [0.05, 0.1) is 11.6 Å². The van der Waals surface area contributed by atoms with Crippen LogP contribution < -0.4 is 5.32 Å². The lowest BCUT2D eigenvalue weighted by Crippen LogP contribution is -2.38. The van der Waals surface area contributed by atoms with Gasteiger partial charge in [-0.15, -0.1) is 0 Å². The monoisotopic (exact) mass is 258 g/mol. The average molecular weight is 258 g/mol. The maximum Gasteiger partial charge on any atom is 0.149 e. The molecule has 2 aliphatic rings. The zero-order valence-corrected chi connectivity index (χ0v) is 11.6. The van der Waals surface area contributed by atoms with Gasteiger partial charge in [-0.25, -0.2) is 0 Å². The van der Waals surface area contributed by atoms with E-state index in [1.54, 1.807) is 0 Å². The fourth-order valence-corrected chi connectivity index (χ4v) is 3.66. The number of fused-ring (bicyclic) bond motifs is 1. The lowest BCUT2D eigenvalue weighted by Gasteiger charge is -2.32. The van der Waals surface area contributed by atoms with E-state index < -0.39 is 0 Å². The summed E-state index contributed by atoms with van der Waals surface area (Å²) in [5.74, 6) is 0.462. The van der Waals surface area contributed by atoms with Gasteiger partial charge < -0.3 is 5.32 Å². The molecule has 0 aromatic carbocycles.